The molecule has 1 atom stereocenters. The summed E-state index contributed by atoms with van der Waals surface area (Å²) >= 11 is 3.19. The molecule has 3 heterocycles. The molecule has 0 bridgehead atoms. The largest absolute Gasteiger partial charge is 0.319 e. The van der Waals surface area contributed by atoms with Gasteiger partial charge in [0.05, 0.1) is 16.6 Å². The first-order valence-electron chi connectivity index (χ1n) is 6.21. The smallest absolute Gasteiger partial charge is 0.255 e. The quantitative estimate of drug-likeness (QED) is 0.807. The van der Waals surface area contributed by atoms with Crippen molar-refractivity contribution in [1.29, 1.82) is 0 Å². The lowest BCUT2D eigenvalue weighted by atomic mass is 10.1. The van der Waals surface area contributed by atoms with Crippen molar-refractivity contribution in [2.24, 2.45) is 12.8 Å². The maximum atomic E-state index is 12.5. The minimum absolute atomic E-state index is 0.0307. The number of hydrogen-bond acceptors (Lipinski definition) is 4. The summed E-state index contributed by atoms with van der Waals surface area (Å²) in [6.07, 6.45) is 0. The fourth-order valence-electron chi connectivity index (χ4n) is 2.18. The van der Waals surface area contributed by atoms with E-state index < -0.39 is 0 Å². The average molecular weight is 302 g/mol. The van der Waals surface area contributed by atoms with E-state index in [4.69, 9.17) is 5.73 Å². The number of hydrogen-bond donors (Lipinski definition) is 1. The lowest BCUT2D eigenvalue weighted by molar-refractivity contribution is 0.799. The first-order chi connectivity index (χ1) is 9.68. The molecule has 102 valence electrons. The first-order valence-corrected chi connectivity index (χ1v) is 7.97. The molecule has 0 aliphatic carbocycles. The Morgan fingerprint density at radius 3 is 2.50 bits per heavy atom. The third-order valence-corrected chi connectivity index (χ3v) is 5.14. The van der Waals surface area contributed by atoms with E-state index >= 15 is 0 Å². The van der Waals surface area contributed by atoms with Crippen molar-refractivity contribution in [1.82, 2.24) is 4.57 Å². The molecule has 2 N–H and O–H groups in total. The molecular formula is C15H14N2OS2. The summed E-state index contributed by atoms with van der Waals surface area (Å²) in [6.45, 7) is 0. The van der Waals surface area contributed by atoms with Crippen LogP contribution in [-0.4, -0.2) is 4.57 Å². The summed E-state index contributed by atoms with van der Waals surface area (Å²) in [6, 6.07) is 11.4. The Balaban J connectivity index is 2.08. The molecule has 3 rings (SSSR count). The minimum Gasteiger partial charge on any atom is -0.319 e. The molecule has 0 aliphatic rings. The zero-order valence-corrected chi connectivity index (χ0v) is 12.6. The lowest BCUT2D eigenvalue weighted by Gasteiger charge is -2.13. The van der Waals surface area contributed by atoms with Gasteiger partial charge in [-0.25, -0.2) is 0 Å². The van der Waals surface area contributed by atoms with Crippen molar-refractivity contribution in [3.63, 3.8) is 0 Å². The van der Waals surface area contributed by atoms with Gasteiger partial charge in [-0.3, -0.25) is 4.79 Å². The van der Waals surface area contributed by atoms with E-state index in [9.17, 15) is 4.79 Å². The Hall–Kier alpha value is -1.69. The van der Waals surface area contributed by atoms with Crippen molar-refractivity contribution in [3.8, 4) is 10.6 Å². The van der Waals surface area contributed by atoms with Gasteiger partial charge in [-0.05, 0) is 35.0 Å². The van der Waals surface area contributed by atoms with E-state index in [1.807, 2.05) is 47.2 Å². The van der Waals surface area contributed by atoms with Crippen molar-refractivity contribution in [2.75, 3.05) is 0 Å². The Morgan fingerprint density at radius 1 is 1.10 bits per heavy atom. The third-order valence-electron chi connectivity index (χ3n) is 3.29. The lowest BCUT2D eigenvalue weighted by Crippen LogP contribution is -2.27. The van der Waals surface area contributed by atoms with Gasteiger partial charge in [-0.2, -0.15) is 0 Å². The van der Waals surface area contributed by atoms with Gasteiger partial charge in [0, 0.05) is 17.5 Å². The van der Waals surface area contributed by atoms with Crippen molar-refractivity contribution < 1.29 is 0 Å². The summed E-state index contributed by atoms with van der Waals surface area (Å²) in [5, 5.41) is 3.98. The van der Waals surface area contributed by atoms with Gasteiger partial charge in [-0.1, -0.05) is 12.1 Å². The number of aromatic nitrogens is 1. The molecule has 5 heteroatoms. The molecular weight excluding hydrogens is 288 g/mol. The van der Waals surface area contributed by atoms with Crippen molar-refractivity contribution in [3.05, 3.63) is 68.0 Å². The first kappa shape index (κ1) is 13.3. The number of thiophene rings is 2. The van der Waals surface area contributed by atoms with E-state index in [0.29, 0.717) is 5.56 Å². The predicted molar refractivity (Wildman–Crippen MR) is 85.3 cm³/mol. The van der Waals surface area contributed by atoms with Crippen LogP contribution in [0.25, 0.3) is 10.6 Å². The molecule has 20 heavy (non-hydrogen) atoms. The van der Waals surface area contributed by atoms with Crippen LogP contribution in [0.15, 0.2) is 52.0 Å². The van der Waals surface area contributed by atoms with Gasteiger partial charge >= 0.3 is 0 Å². The average Bonchev–Trinajstić information content (AvgIpc) is 3.13. The molecule has 3 nitrogen and oxygen atoms in total. The van der Waals surface area contributed by atoms with Crippen LogP contribution in [0.4, 0.5) is 0 Å². The summed E-state index contributed by atoms with van der Waals surface area (Å²) < 4.78 is 1.68. The molecule has 0 amide bonds. The predicted octanol–water partition coefficient (Wildman–Crippen LogP) is 3.22. The Bertz CT molecular complexity index is 758. The van der Waals surface area contributed by atoms with Gasteiger partial charge in [0.25, 0.3) is 5.56 Å². The van der Waals surface area contributed by atoms with Crippen LogP contribution in [0.5, 0.6) is 0 Å². The van der Waals surface area contributed by atoms with Crippen LogP contribution in [0.3, 0.4) is 0 Å². The molecule has 1 unspecified atom stereocenters. The highest BCUT2D eigenvalue weighted by molar-refractivity contribution is 7.13. The second kappa shape index (κ2) is 5.36. The molecule has 0 saturated carbocycles. The van der Waals surface area contributed by atoms with Gasteiger partial charge in [0.15, 0.2) is 0 Å². The van der Waals surface area contributed by atoms with E-state index in [2.05, 4.69) is 0 Å². The van der Waals surface area contributed by atoms with Crippen LogP contribution in [0.1, 0.15) is 16.5 Å². The summed E-state index contributed by atoms with van der Waals surface area (Å²) in [4.78, 5) is 14.6. The highest BCUT2D eigenvalue weighted by Crippen LogP contribution is 2.26. The Labute approximate surface area is 124 Å². The normalized spacial score (nSPS) is 12.5. The van der Waals surface area contributed by atoms with Gasteiger partial charge in [0.1, 0.15) is 0 Å². The van der Waals surface area contributed by atoms with E-state index in [-0.39, 0.29) is 11.6 Å². The van der Waals surface area contributed by atoms with Crippen molar-refractivity contribution in [2.45, 2.75) is 6.04 Å². The van der Waals surface area contributed by atoms with Crippen LogP contribution in [0.2, 0.25) is 0 Å². The molecule has 3 aromatic heterocycles. The van der Waals surface area contributed by atoms with Crippen LogP contribution >= 0.6 is 22.7 Å². The minimum atomic E-state index is -0.355. The van der Waals surface area contributed by atoms with Crippen LogP contribution in [-0.2, 0) is 7.05 Å². The monoisotopic (exact) mass is 302 g/mol. The molecule has 0 spiro atoms. The standard InChI is InChI=1S/C15H14N2OS2/c1-17-11(12-4-2-8-19-12)7-6-10(15(17)18)14(16)13-5-3-9-20-13/h2-9,14H,16H2,1H3. The van der Waals surface area contributed by atoms with E-state index in [1.54, 1.807) is 34.3 Å². The second-order valence-corrected chi connectivity index (χ2v) is 6.44. The topological polar surface area (TPSA) is 48.0 Å². The number of nitrogens with zero attached hydrogens (tertiary/aromatic N) is 1. The van der Waals surface area contributed by atoms with Crippen molar-refractivity contribution >= 4 is 22.7 Å². The van der Waals surface area contributed by atoms with Crippen LogP contribution < -0.4 is 11.3 Å². The molecule has 0 fully saturated rings. The summed E-state index contributed by atoms with van der Waals surface area (Å²) in [7, 11) is 1.79. The molecule has 0 aliphatic heterocycles. The van der Waals surface area contributed by atoms with E-state index in [0.717, 1.165) is 15.4 Å². The highest BCUT2D eigenvalue weighted by Gasteiger charge is 2.16. The van der Waals surface area contributed by atoms with E-state index in [1.165, 1.54) is 0 Å². The summed E-state index contributed by atoms with van der Waals surface area (Å²) in [5.41, 5.74) is 7.73. The summed E-state index contributed by atoms with van der Waals surface area (Å²) in [5.74, 6) is 0. The highest BCUT2D eigenvalue weighted by atomic mass is 32.1. The molecule has 3 aromatic rings. The SMILES string of the molecule is Cn1c(-c2cccs2)ccc(C(N)c2cccs2)c1=O. The third kappa shape index (κ3) is 2.24. The zero-order chi connectivity index (χ0) is 14.1. The number of nitrogens with two attached hydrogens (primary N) is 1. The van der Waals surface area contributed by atoms with Gasteiger partial charge in [0.2, 0.25) is 0 Å². The molecule has 0 saturated heterocycles. The zero-order valence-electron chi connectivity index (χ0n) is 10.9. The van der Waals surface area contributed by atoms with Gasteiger partial charge < -0.3 is 10.3 Å². The molecule has 0 aromatic carbocycles. The van der Waals surface area contributed by atoms with Crippen LogP contribution in [0, 0.1) is 0 Å². The Kier molecular flexibility index (Phi) is 3.56. The number of rotatable bonds is 3. The fourth-order valence-corrected chi connectivity index (χ4v) is 3.72. The fraction of sp³-hybridized carbons (Fsp3) is 0.133. The Morgan fingerprint density at radius 2 is 1.85 bits per heavy atom. The maximum Gasteiger partial charge on any atom is 0.255 e. The number of pyridine rings is 1. The molecule has 0 radical (unpaired) electrons. The second-order valence-electron chi connectivity index (χ2n) is 4.51. The maximum absolute atomic E-state index is 12.5. The van der Waals surface area contributed by atoms with Gasteiger partial charge in [-0.15, -0.1) is 22.7 Å².